The molecule has 31 heavy (non-hydrogen) atoms. The van der Waals surface area contributed by atoms with Gasteiger partial charge in [0.25, 0.3) is 5.91 Å². The maximum absolute atomic E-state index is 12.9. The fourth-order valence-corrected chi connectivity index (χ4v) is 3.36. The van der Waals surface area contributed by atoms with E-state index in [1.54, 1.807) is 7.11 Å². The lowest BCUT2D eigenvalue weighted by Gasteiger charge is -2.12. The molecule has 0 radical (unpaired) electrons. The summed E-state index contributed by atoms with van der Waals surface area (Å²) >= 11 is 5.93. The highest BCUT2D eigenvalue weighted by molar-refractivity contribution is 6.32. The van der Waals surface area contributed by atoms with Crippen LogP contribution in [0.15, 0.2) is 83.5 Å². The molecule has 0 bridgehead atoms. The SMILES string of the molecule is COc1cc(/C=C2\C(=O)N(c3ccccc3)N=C2C)ccc1OCc1ccc(Cl)cc1. The van der Waals surface area contributed by atoms with Crippen LogP contribution in [-0.2, 0) is 11.4 Å². The van der Waals surface area contributed by atoms with E-state index in [9.17, 15) is 4.79 Å². The van der Waals surface area contributed by atoms with E-state index < -0.39 is 0 Å². The molecule has 0 aromatic heterocycles. The number of para-hydroxylation sites is 1. The average molecular weight is 433 g/mol. The van der Waals surface area contributed by atoms with Crippen molar-refractivity contribution in [3.8, 4) is 11.5 Å². The predicted molar refractivity (Wildman–Crippen MR) is 124 cm³/mol. The summed E-state index contributed by atoms with van der Waals surface area (Å²) in [4.78, 5) is 12.9. The molecule has 1 aliphatic rings. The predicted octanol–water partition coefficient (Wildman–Crippen LogP) is 5.73. The largest absolute Gasteiger partial charge is 0.493 e. The van der Waals surface area contributed by atoms with Gasteiger partial charge in [-0.3, -0.25) is 4.79 Å². The first-order valence-corrected chi connectivity index (χ1v) is 10.1. The van der Waals surface area contributed by atoms with Gasteiger partial charge in [0.1, 0.15) is 6.61 Å². The molecule has 156 valence electrons. The topological polar surface area (TPSA) is 51.1 Å². The second kappa shape index (κ2) is 9.06. The Balaban J connectivity index is 1.53. The van der Waals surface area contributed by atoms with Crippen LogP contribution in [0.4, 0.5) is 5.69 Å². The van der Waals surface area contributed by atoms with Crippen molar-refractivity contribution in [1.82, 2.24) is 0 Å². The van der Waals surface area contributed by atoms with E-state index in [0.717, 1.165) is 16.8 Å². The van der Waals surface area contributed by atoms with Gasteiger partial charge >= 0.3 is 0 Å². The van der Waals surface area contributed by atoms with Crippen molar-refractivity contribution in [3.63, 3.8) is 0 Å². The molecule has 3 aromatic rings. The Morgan fingerprint density at radius 2 is 1.74 bits per heavy atom. The maximum atomic E-state index is 12.9. The van der Waals surface area contributed by atoms with Gasteiger partial charge in [0.15, 0.2) is 11.5 Å². The summed E-state index contributed by atoms with van der Waals surface area (Å²) < 4.78 is 11.4. The number of halogens is 1. The van der Waals surface area contributed by atoms with Gasteiger partial charge in [-0.15, -0.1) is 0 Å². The van der Waals surface area contributed by atoms with E-state index in [1.807, 2.05) is 85.8 Å². The minimum Gasteiger partial charge on any atom is -0.493 e. The lowest BCUT2D eigenvalue weighted by molar-refractivity contribution is -0.114. The number of methoxy groups -OCH3 is 1. The number of hydrogen-bond donors (Lipinski definition) is 0. The van der Waals surface area contributed by atoms with Gasteiger partial charge in [-0.2, -0.15) is 10.1 Å². The second-order valence-corrected chi connectivity index (χ2v) is 7.46. The van der Waals surface area contributed by atoms with Gasteiger partial charge in [0, 0.05) is 5.02 Å². The molecule has 5 nitrogen and oxygen atoms in total. The van der Waals surface area contributed by atoms with Crippen LogP contribution in [-0.4, -0.2) is 18.7 Å². The smallest absolute Gasteiger partial charge is 0.280 e. The van der Waals surface area contributed by atoms with Gasteiger partial charge in [-0.05, 0) is 60.5 Å². The molecule has 4 rings (SSSR count). The number of hydrazone groups is 1. The summed E-state index contributed by atoms with van der Waals surface area (Å²) in [6, 6.07) is 22.4. The number of benzene rings is 3. The third-order valence-corrected chi connectivity index (χ3v) is 5.12. The Morgan fingerprint density at radius 1 is 1.00 bits per heavy atom. The molecule has 0 spiro atoms. The molecule has 0 N–H and O–H groups in total. The van der Waals surface area contributed by atoms with E-state index in [2.05, 4.69) is 5.10 Å². The molecule has 1 heterocycles. The van der Waals surface area contributed by atoms with Crippen molar-refractivity contribution in [1.29, 1.82) is 0 Å². The first-order chi connectivity index (χ1) is 15.0. The fourth-order valence-electron chi connectivity index (χ4n) is 3.23. The zero-order valence-corrected chi connectivity index (χ0v) is 18.0. The maximum Gasteiger partial charge on any atom is 0.280 e. The van der Waals surface area contributed by atoms with Crippen LogP contribution < -0.4 is 14.5 Å². The molecular weight excluding hydrogens is 412 g/mol. The summed E-state index contributed by atoms with van der Waals surface area (Å²) in [5, 5.41) is 6.52. The summed E-state index contributed by atoms with van der Waals surface area (Å²) in [5.74, 6) is 1.04. The van der Waals surface area contributed by atoms with Crippen molar-refractivity contribution in [3.05, 3.63) is 94.5 Å². The first kappa shape index (κ1) is 20.7. The minimum absolute atomic E-state index is 0.161. The molecular formula is C25H21ClN2O3. The number of anilines is 1. The van der Waals surface area contributed by atoms with Gasteiger partial charge in [0.2, 0.25) is 0 Å². The van der Waals surface area contributed by atoms with Crippen molar-refractivity contribution >= 4 is 35.0 Å². The molecule has 6 heteroatoms. The van der Waals surface area contributed by atoms with Gasteiger partial charge in [-0.25, -0.2) is 0 Å². The Bertz CT molecular complexity index is 1160. The molecule has 0 saturated heterocycles. The standard InChI is InChI=1S/C25H21ClN2O3/c1-17-22(25(29)28(27-17)21-6-4-3-5-7-21)14-19-10-13-23(24(15-19)30-2)31-16-18-8-11-20(26)12-9-18/h3-15H,16H2,1-2H3/b22-14-. The van der Waals surface area contributed by atoms with E-state index in [1.165, 1.54) is 5.01 Å². The summed E-state index contributed by atoms with van der Waals surface area (Å²) in [5.41, 5.74) is 3.76. The molecule has 0 unspecified atom stereocenters. The van der Waals surface area contributed by atoms with Crippen LogP contribution in [0, 0.1) is 0 Å². The quantitative estimate of drug-likeness (QED) is 0.467. The highest BCUT2D eigenvalue weighted by Crippen LogP contribution is 2.31. The van der Waals surface area contributed by atoms with E-state index in [-0.39, 0.29) is 5.91 Å². The molecule has 0 atom stereocenters. The third kappa shape index (κ3) is 4.62. The van der Waals surface area contributed by atoms with Crippen LogP contribution in [0.3, 0.4) is 0 Å². The average Bonchev–Trinajstić information content (AvgIpc) is 3.08. The summed E-state index contributed by atoms with van der Waals surface area (Å²) in [6.45, 7) is 2.22. The number of carbonyl (C=O) groups is 1. The Kier molecular flexibility index (Phi) is 6.05. The number of nitrogens with zero attached hydrogens (tertiary/aromatic N) is 2. The third-order valence-electron chi connectivity index (χ3n) is 4.87. The van der Waals surface area contributed by atoms with Gasteiger partial charge in [0.05, 0.1) is 24.1 Å². The molecule has 0 fully saturated rings. The molecule has 1 aliphatic heterocycles. The number of amides is 1. The zero-order valence-electron chi connectivity index (χ0n) is 17.2. The Hall–Kier alpha value is -3.57. The van der Waals surface area contributed by atoms with Crippen LogP contribution in [0.5, 0.6) is 11.5 Å². The van der Waals surface area contributed by atoms with Crippen LogP contribution in [0.2, 0.25) is 5.02 Å². The summed E-state index contributed by atoms with van der Waals surface area (Å²) in [6.07, 6.45) is 1.82. The number of carbonyl (C=O) groups excluding carboxylic acids is 1. The monoisotopic (exact) mass is 432 g/mol. The highest BCUT2D eigenvalue weighted by Gasteiger charge is 2.28. The van der Waals surface area contributed by atoms with Gasteiger partial charge in [-0.1, -0.05) is 48.0 Å². The molecule has 3 aromatic carbocycles. The number of ether oxygens (including phenoxy) is 2. The van der Waals surface area contributed by atoms with Crippen molar-refractivity contribution < 1.29 is 14.3 Å². The van der Waals surface area contributed by atoms with Gasteiger partial charge < -0.3 is 9.47 Å². The summed E-state index contributed by atoms with van der Waals surface area (Å²) in [7, 11) is 1.59. The normalized spacial score (nSPS) is 14.7. The molecule has 0 saturated carbocycles. The van der Waals surface area contributed by atoms with Crippen LogP contribution in [0.1, 0.15) is 18.1 Å². The molecule has 1 amide bonds. The van der Waals surface area contributed by atoms with E-state index in [4.69, 9.17) is 21.1 Å². The lowest BCUT2D eigenvalue weighted by atomic mass is 10.1. The lowest BCUT2D eigenvalue weighted by Crippen LogP contribution is -2.21. The van der Waals surface area contributed by atoms with E-state index in [0.29, 0.717) is 34.4 Å². The Morgan fingerprint density at radius 3 is 2.45 bits per heavy atom. The van der Waals surface area contributed by atoms with E-state index >= 15 is 0 Å². The Labute approximate surface area is 186 Å². The minimum atomic E-state index is -0.161. The van der Waals surface area contributed by atoms with Crippen LogP contribution >= 0.6 is 11.6 Å². The van der Waals surface area contributed by atoms with Crippen molar-refractivity contribution in [2.45, 2.75) is 13.5 Å². The fraction of sp³-hybridized carbons (Fsp3) is 0.120. The number of rotatable bonds is 6. The molecule has 0 aliphatic carbocycles. The second-order valence-electron chi connectivity index (χ2n) is 7.02. The first-order valence-electron chi connectivity index (χ1n) is 9.77. The highest BCUT2D eigenvalue weighted by atomic mass is 35.5. The van der Waals surface area contributed by atoms with Crippen LogP contribution in [0.25, 0.3) is 6.08 Å². The van der Waals surface area contributed by atoms with Crippen molar-refractivity contribution in [2.24, 2.45) is 5.10 Å². The van der Waals surface area contributed by atoms with Crippen molar-refractivity contribution in [2.75, 3.05) is 12.1 Å². The zero-order chi connectivity index (χ0) is 21.8. The number of hydrogen-bond acceptors (Lipinski definition) is 4.